The molecule has 0 aromatic heterocycles. The molecule has 0 saturated carbocycles. The third kappa shape index (κ3) is 5.65. The molecule has 4 unspecified atom stereocenters. The van der Waals surface area contributed by atoms with Crippen molar-refractivity contribution in [3.63, 3.8) is 0 Å². The molecule has 1 saturated heterocycles. The smallest absolute Gasteiger partial charge is 0.377 e. The van der Waals surface area contributed by atoms with Gasteiger partial charge in [-0.15, -0.1) is 0 Å². The summed E-state index contributed by atoms with van der Waals surface area (Å²) in [5, 5.41) is 0. The molecule has 40 heavy (non-hydrogen) atoms. The fourth-order valence-electron chi connectivity index (χ4n) is 5.45. The summed E-state index contributed by atoms with van der Waals surface area (Å²) in [6.07, 6.45) is -10.7. The molecule has 0 aliphatic carbocycles. The molecule has 3 amide bonds. The summed E-state index contributed by atoms with van der Waals surface area (Å²) in [5.74, 6) is -3.57. The summed E-state index contributed by atoms with van der Waals surface area (Å²) in [4.78, 5) is 42.0. The van der Waals surface area contributed by atoms with E-state index in [2.05, 4.69) is 0 Å². The highest BCUT2D eigenvalue weighted by atomic mass is 19.4. The van der Waals surface area contributed by atoms with Crippen LogP contribution in [0.25, 0.3) is 0 Å². The van der Waals surface area contributed by atoms with E-state index in [1.807, 2.05) is 0 Å². The highest BCUT2D eigenvalue weighted by Gasteiger charge is 2.48. The topological polar surface area (TPSA) is 92.9 Å². The number of nitrogens with two attached hydrogens (primary N) is 1. The van der Waals surface area contributed by atoms with Gasteiger partial charge < -0.3 is 20.3 Å². The Balaban J connectivity index is 2.00. The van der Waals surface area contributed by atoms with Gasteiger partial charge >= 0.3 is 12.4 Å². The molecule has 0 bridgehead atoms. The predicted molar refractivity (Wildman–Crippen MR) is 130 cm³/mol. The molecular formula is C27H27F6N3O4. The van der Waals surface area contributed by atoms with Gasteiger partial charge in [0, 0.05) is 18.5 Å². The quantitative estimate of drug-likeness (QED) is 0.535. The summed E-state index contributed by atoms with van der Waals surface area (Å²) in [7, 11) is 0. The molecule has 2 aliphatic heterocycles. The Hall–Kier alpha value is -3.61. The maximum atomic E-state index is 14.3. The standard InChI is InChI=1S/C27H27F6N3O4/c1-14-12-40-13-15(2)36(14)25(39)22-19-5-3-4-6-20(19)24(38)35(8-7-21(34)37)23(22)16-9-17(26(28,29)30)11-18(10-16)27(31,32)33/h3-6,9-11,14-15,22-23H,7-8,12-13H2,1-2H3,(H2,34,37). The van der Waals surface area contributed by atoms with Crippen LogP contribution in [0.5, 0.6) is 0 Å². The van der Waals surface area contributed by atoms with E-state index in [0.29, 0.717) is 12.1 Å². The number of fused-ring (bicyclic) bond motifs is 1. The molecule has 1 fully saturated rings. The number of carbonyl (C=O) groups is 3. The van der Waals surface area contributed by atoms with Crippen LogP contribution in [0.1, 0.15) is 64.8 Å². The largest absolute Gasteiger partial charge is 0.416 e. The predicted octanol–water partition coefficient (Wildman–Crippen LogP) is 4.52. The zero-order valence-electron chi connectivity index (χ0n) is 21.6. The van der Waals surface area contributed by atoms with Crippen molar-refractivity contribution in [3.8, 4) is 0 Å². The van der Waals surface area contributed by atoms with Gasteiger partial charge in [-0.25, -0.2) is 0 Å². The lowest BCUT2D eigenvalue weighted by Crippen LogP contribution is -2.56. The number of halogens is 6. The summed E-state index contributed by atoms with van der Waals surface area (Å²) >= 11 is 0. The first-order chi connectivity index (χ1) is 18.6. The minimum atomic E-state index is -5.16. The number of nitrogens with zero attached hydrogens (tertiary/aromatic N) is 2. The number of alkyl halides is 6. The molecule has 4 atom stereocenters. The van der Waals surface area contributed by atoms with Crippen molar-refractivity contribution in [3.05, 3.63) is 70.3 Å². The van der Waals surface area contributed by atoms with Crippen LogP contribution in [0, 0.1) is 0 Å². The van der Waals surface area contributed by atoms with E-state index in [1.165, 1.54) is 29.2 Å². The number of hydrogen-bond donors (Lipinski definition) is 1. The van der Waals surface area contributed by atoms with E-state index in [-0.39, 0.29) is 30.4 Å². The van der Waals surface area contributed by atoms with Crippen molar-refractivity contribution in [2.24, 2.45) is 5.73 Å². The van der Waals surface area contributed by atoms with Gasteiger partial charge in [-0.05, 0) is 49.2 Å². The maximum absolute atomic E-state index is 14.3. The van der Waals surface area contributed by atoms with Crippen molar-refractivity contribution in [1.82, 2.24) is 9.80 Å². The lowest BCUT2D eigenvalue weighted by molar-refractivity contribution is -0.147. The van der Waals surface area contributed by atoms with Crippen molar-refractivity contribution in [1.29, 1.82) is 0 Å². The summed E-state index contributed by atoms with van der Waals surface area (Å²) in [6, 6.07) is 4.43. The first-order valence-corrected chi connectivity index (χ1v) is 12.5. The molecule has 2 aromatic carbocycles. The molecule has 7 nitrogen and oxygen atoms in total. The zero-order chi connectivity index (χ0) is 29.6. The number of benzene rings is 2. The maximum Gasteiger partial charge on any atom is 0.416 e. The van der Waals surface area contributed by atoms with Gasteiger partial charge in [0.05, 0.1) is 48.4 Å². The Labute approximate surface area is 225 Å². The van der Waals surface area contributed by atoms with Crippen LogP contribution in [0.2, 0.25) is 0 Å². The number of amides is 3. The zero-order valence-corrected chi connectivity index (χ0v) is 21.6. The minimum Gasteiger partial charge on any atom is -0.377 e. The van der Waals surface area contributed by atoms with Gasteiger partial charge in [-0.3, -0.25) is 14.4 Å². The van der Waals surface area contributed by atoms with Gasteiger partial charge in [0.1, 0.15) is 0 Å². The van der Waals surface area contributed by atoms with E-state index in [0.717, 1.165) is 4.90 Å². The molecule has 0 radical (unpaired) electrons. The molecule has 216 valence electrons. The molecule has 13 heteroatoms. The normalized spacial score (nSPS) is 23.6. The van der Waals surface area contributed by atoms with Gasteiger partial charge in [-0.2, -0.15) is 26.3 Å². The van der Waals surface area contributed by atoms with Crippen LogP contribution in [0.15, 0.2) is 42.5 Å². The second-order valence-electron chi connectivity index (χ2n) is 10.0. The van der Waals surface area contributed by atoms with Crippen LogP contribution in [0.3, 0.4) is 0 Å². The minimum absolute atomic E-state index is 0.0151. The average Bonchev–Trinajstić information content (AvgIpc) is 2.86. The van der Waals surface area contributed by atoms with Crippen molar-refractivity contribution >= 4 is 17.7 Å². The second kappa shape index (κ2) is 10.8. The van der Waals surface area contributed by atoms with E-state index < -0.39 is 83.8 Å². The first kappa shape index (κ1) is 29.4. The molecule has 2 aromatic rings. The van der Waals surface area contributed by atoms with E-state index >= 15 is 0 Å². The molecular weight excluding hydrogens is 544 g/mol. The number of rotatable bonds is 5. The lowest BCUT2D eigenvalue weighted by Gasteiger charge is -2.46. The Bertz CT molecular complexity index is 1270. The van der Waals surface area contributed by atoms with E-state index in [1.54, 1.807) is 13.8 Å². The Kier molecular flexibility index (Phi) is 7.90. The highest BCUT2D eigenvalue weighted by Crippen LogP contribution is 2.47. The Morgan fingerprint density at radius 3 is 2.02 bits per heavy atom. The average molecular weight is 572 g/mol. The fourth-order valence-corrected chi connectivity index (χ4v) is 5.45. The number of carbonyl (C=O) groups excluding carboxylic acids is 3. The summed E-state index contributed by atoms with van der Waals surface area (Å²) in [6.45, 7) is 3.32. The van der Waals surface area contributed by atoms with Gasteiger partial charge in [0.2, 0.25) is 11.8 Å². The number of morpholine rings is 1. The molecule has 0 spiro atoms. The molecule has 2 aliphatic rings. The van der Waals surface area contributed by atoms with Gasteiger partial charge in [0.25, 0.3) is 5.91 Å². The number of ether oxygens (including phenoxy) is 1. The van der Waals surface area contributed by atoms with Crippen molar-refractivity contribution in [2.75, 3.05) is 19.8 Å². The number of primary amides is 1. The first-order valence-electron chi connectivity index (χ1n) is 12.5. The molecule has 2 heterocycles. The van der Waals surface area contributed by atoms with Crippen LogP contribution < -0.4 is 5.73 Å². The third-order valence-corrected chi connectivity index (χ3v) is 7.18. The van der Waals surface area contributed by atoms with Crippen molar-refractivity contribution < 1.29 is 45.5 Å². The Morgan fingerprint density at radius 1 is 0.950 bits per heavy atom. The highest BCUT2D eigenvalue weighted by molar-refractivity contribution is 6.01. The second-order valence-corrected chi connectivity index (χ2v) is 10.0. The summed E-state index contributed by atoms with van der Waals surface area (Å²) < 4.78 is 88.4. The lowest BCUT2D eigenvalue weighted by atomic mass is 9.77. The number of hydrogen-bond acceptors (Lipinski definition) is 4. The van der Waals surface area contributed by atoms with Crippen LogP contribution in [-0.4, -0.2) is 59.4 Å². The van der Waals surface area contributed by atoms with E-state index in [4.69, 9.17) is 10.5 Å². The van der Waals surface area contributed by atoms with Crippen LogP contribution >= 0.6 is 0 Å². The van der Waals surface area contributed by atoms with Crippen LogP contribution in [0.4, 0.5) is 26.3 Å². The van der Waals surface area contributed by atoms with E-state index in [9.17, 15) is 40.7 Å². The summed E-state index contributed by atoms with van der Waals surface area (Å²) in [5.41, 5.74) is 1.78. The SMILES string of the molecule is CC1COCC(C)N1C(=O)C1c2ccccc2C(=O)N(CCC(N)=O)C1c1cc(C(F)(F)F)cc(C(F)(F)F)c1. The van der Waals surface area contributed by atoms with Crippen molar-refractivity contribution in [2.45, 2.75) is 56.7 Å². The van der Waals surface area contributed by atoms with Crippen LogP contribution in [-0.2, 0) is 26.7 Å². The third-order valence-electron chi connectivity index (χ3n) is 7.18. The van der Waals surface area contributed by atoms with Gasteiger partial charge in [0.15, 0.2) is 0 Å². The molecule has 2 N–H and O–H groups in total. The van der Waals surface area contributed by atoms with Gasteiger partial charge in [-0.1, -0.05) is 18.2 Å². The monoisotopic (exact) mass is 571 g/mol. The molecule has 4 rings (SSSR count). The Morgan fingerprint density at radius 2 is 1.50 bits per heavy atom. The fraction of sp³-hybridized carbons (Fsp3) is 0.444.